The smallest absolute Gasteiger partial charge is 0.132 e. The van der Waals surface area contributed by atoms with E-state index in [1.807, 2.05) is 18.2 Å². The first-order valence-corrected chi connectivity index (χ1v) is 7.93. The highest BCUT2D eigenvalue weighted by Gasteiger charge is 2.13. The molecule has 0 aliphatic carbocycles. The van der Waals surface area contributed by atoms with Gasteiger partial charge in [0.2, 0.25) is 0 Å². The van der Waals surface area contributed by atoms with E-state index in [4.69, 9.17) is 9.84 Å². The molecule has 0 saturated carbocycles. The topological polar surface area (TPSA) is 29.5 Å². The third-order valence-electron chi connectivity index (χ3n) is 3.17. The number of benzene rings is 1. The Kier molecular flexibility index (Phi) is 7.71. The Labute approximate surface area is 130 Å². The third-order valence-corrected chi connectivity index (χ3v) is 4.06. The predicted molar refractivity (Wildman–Crippen MR) is 87.4 cm³/mol. The lowest BCUT2D eigenvalue weighted by molar-refractivity contribution is -0.890. The quantitative estimate of drug-likeness (QED) is 0.407. The van der Waals surface area contributed by atoms with E-state index in [-0.39, 0.29) is 6.61 Å². The summed E-state index contributed by atoms with van der Waals surface area (Å²) < 4.78 is 7.92. The lowest BCUT2D eigenvalue weighted by atomic mass is 10.2. The van der Waals surface area contributed by atoms with Crippen molar-refractivity contribution in [1.29, 1.82) is 0 Å². The molecule has 0 unspecified atom stereocenters. The fourth-order valence-corrected chi connectivity index (χ4v) is 2.54. The maximum absolute atomic E-state index is 8.86. The van der Waals surface area contributed by atoms with Gasteiger partial charge in [-0.3, -0.25) is 0 Å². The average Bonchev–Trinajstić information content (AvgIpc) is 2.38. The number of unbranched alkanes of at least 4 members (excludes halogenated alkanes) is 1. The Balaban J connectivity index is 2.16. The van der Waals surface area contributed by atoms with Gasteiger partial charge in [0.25, 0.3) is 0 Å². The van der Waals surface area contributed by atoms with Crippen molar-refractivity contribution in [1.82, 2.24) is 0 Å². The largest absolute Gasteiger partial charge is 0.492 e. The number of quaternary nitrogens is 1. The van der Waals surface area contributed by atoms with Gasteiger partial charge >= 0.3 is 0 Å². The summed E-state index contributed by atoms with van der Waals surface area (Å²) in [7, 11) is 4.44. The van der Waals surface area contributed by atoms with Crippen molar-refractivity contribution in [3.8, 4) is 5.75 Å². The second-order valence-corrected chi connectivity index (χ2v) is 6.61. The Morgan fingerprint density at radius 2 is 1.79 bits per heavy atom. The highest BCUT2D eigenvalue weighted by atomic mass is 127. The fourth-order valence-electron chi connectivity index (χ4n) is 2.00. The molecule has 0 atom stereocenters. The number of halogens is 1. The van der Waals surface area contributed by atoms with Gasteiger partial charge in [0.15, 0.2) is 0 Å². The molecule has 3 nitrogen and oxygen atoms in total. The Hall–Kier alpha value is -0.330. The minimum atomic E-state index is 0.289. The van der Waals surface area contributed by atoms with Gasteiger partial charge < -0.3 is 14.3 Å². The SMILES string of the molecule is C[N+](C)(CCCO)CCCCOc1ccccc1I. The van der Waals surface area contributed by atoms with Crippen LogP contribution in [0, 0.1) is 3.57 Å². The second kappa shape index (κ2) is 8.76. The normalized spacial score (nSPS) is 11.6. The van der Waals surface area contributed by atoms with Crippen LogP contribution in [-0.2, 0) is 0 Å². The summed E-state index contributed by atoms with van der Waals surface area (Å²) in [4.78, 5) is 0. The number of aliphatic hydroxyl groups is 1. The minimum absolute atomic E-state index is 0.289. The molecule has 108 valence electrons. The van der Waals surface area contributed by atoms with E-state index in [1.165, 1.54) is 3.57 Å². The molecule has 1 N–H and O–H groups in total. The van der Waals surface area contributed by atoms with Crippen molar-refractivity contribution in [2.45, 2.75) is 19.3 Å². The number of hydrogen-bond acceptors (Lipinski definition) is 2. The van der Waals surface area contributed by atoms with E-state index in [1.54, 1.807) is 0 Å². The molecule has 0 heterocycles. The number of para-hydroxylation sites is 1. The molecule has 0 aliphatic rings. The van der Waals surface area contributed by atoms with Gasteiger partial charge in [-0.1, -0.05) is 12.1 Å². The van der Waals surface area contributed by atoms with Crippen LogP contribution in [0.5, 0.6) is 5.75 Å². The van der Waals surface area contributed by atoms with Crippen molar-refractivity contribution in [3.63, 3.8) is 0 Å². The van der Waals surface area contributed by atoms with Crippen molar-refractivity contribution in [3.05, 3.63) is 27.8 Å². The van der Waals surface area contributed by atoms with Crippen LogP contribution in [0.2, 0.25) is 0 Å². The molecule has 0 aliphatic heterocycles. The lowest BCUT2D eigenvalue weighted by Crippen LogP contribution is -2.41. The molecule has 1 aromatic rings. The average molecular weight is 378 g/mol. The molecule has 0 amide bonds. The molecule has 1 aromatic carbocycles. The maximum atomic E-state index is 8.86. The summed E-state index contributed by atoms with van der Waals surface area (Å²) in [6.45, 7) is 3.24. The van der Waals surface area contributed by atoms with Crippen molar-refractivity contribution in [2.75, 3.05) is 40.4 Å². The number of ether oxygens (including phenoxy) is 1. The standard InChI is InChI=1S/C15H25INO2/c1-17(2,11-7-12-18)10-5-6-13-19-15-9-4-3-8-14(15)16/h3-4,8-9,18H,5-7,10-13H2,1-2H3/q+1. The lowest BCUT2D eigenvalue weighted by Gasteiger charge is -2.29. The van der Waals surface area contributed by atoms with Gasteiger partial charge in [0.1, 0.15) is 5.75 Å². The van der Waals surface area contributed by atoms with Gasteiger partial charge in [-0.05, 0) is 47.6 Å². The van der Waals surface area contributed by atoms with Crippen LogP contribution in [0.4, 0.5) is 0 Å². The maximum Gasteiger partial charge on any atom is 0.132 e. The van der Waals surface area contributed by atoms with Crippen LogP contribution in [0.3, 0.4) is 0 Å². The van der Waals surface area contributed by atoms with Gasteiger partial charge in [0, 0.05) is 13.0 Å². The molecule has 4 heteroatoms. The zero-order chi connectivity index (χ0) is 14.1. The number of hydrogen-bond donors (Lipinski definition) is 1. The number of nitrogens with zero attached hydrogens (tertiary/aromatic N) is 1. The van der Waals surface area contributed by atoms with Gasteiger partial charge in [-0.25, -0.2) is 0 Å². The van der Waals surface area contributed by atoms with E-state index in [2.05, 4.69) is 42.8 Å². The first-order valence-electron chi connectivity index (χ1n) is 6.85. The number of rotatable bonds is 9. The zero-order valence-corrected chi connectivity index (χ0v) is 14.1. The van der Waals surface area contributed by atoms with Crippen LogP contribution in [0.1, 0.15) is 19.3 Å². The Bertz CT molecular complexity index is 369. The Morgan fingerprint density at radius 1 is 1.11 bits per heavy atom. The predicted octanol–water partition coefficient (Wildman–Crippen LogP) is 2.91. The molecular formula is C15H25INO2+. The summed E-state index contributed by atoms with van der Waals surface area (Å²) in [6.07, 6.45) is 3.11. The van der Waals surface area contributed by atoms with Crippen LogP contribution in [0.25, 0.3) is 0 Å². The summed E-state index contributed by atoms with van der Waals surface area (Å²) in [6, 6.07) is 8.11. The minimum Gasteiger partial charge on any atom is -0.492 e. The fraction of sp³-hybridized carbons (Fsp3) is 0.600. The highest BCUT2D eigenvalue weighted by molar-refractivity contribution is 14.1. The van der Waals surface area contributed by atoms with Crippen molar-refractivity contribution >= 4 is 22.6 Å². The summed E-state index contributed by atoms with van der Waals surface area (Å²) in [5.74, 6) is 0.983. The van der Waals surface area contributed by atoms with E-state index < -0.39 is 0 Å². The van der Waals surface area contributed by atoms with Gasteiger partial charge in [-0.15, -0.1) is 0 Å². The van der Waals surface area contributed by atoms with Crippen LogP contribution in [0.15, 0.2) is 24.3 Å². The highest BCUT2D eigenvalue weighted by Crippen LogP contribution is 2.19. The molecule has 0 spiro atoms. The first kappa shape index (κ1) is 16.7. The zero-order valence-electron chi connectivity index (χ0n) is 11.9. The second-order valence-electron chi connectivity index (χ2n) is 5.45. The number of aliphatic hydroxyl groups excluding tert-OH is 1. The monoisotopic (exact) mass is 378 g/mol. The molecule has 0 fully saturated rings. The summed E-state index contributed by atoms with van der Waals surface area (Å²) in [5, 5.41) is 8.86. The van der Waals surface area contributed by atoms with Crippen molar-refractivity contribution in [2.24, 2.45) is 0 Å². The Morgan fingerprint density at radius 3 is 2.47 bits per heavy atom. The van der Waals surface area contributed by atoms with E-state index in [9.17, 15) is 0 Å². The van der Waals surface area contributed by atoms with Gasteiger partial charge in [0.05, 0.1) is 37.4 Å². The molecular weight excluding hydrogens is 353 g/mol. The van der Waals surface area contributed by atoms with Crippen LogP contribution >= 0.6 is 22.6 Å². The van der Waals surface area contributed by atoms with Crippen molar-refractivity contribution < 1.29 is 14.3 Å². The molecule has 0 saturated heterocycles. The van der Waals surface area contributed by atoms with Crippen LogP contribution < -0.4 is 4.74 Å². The van der Waals surface area contributed by atoms with Gasteiger partial charge in [-0.2, -0.15) is 0 Å². The van der Waals surface area contributed by atoms with E-state index in [0.717, 1.165) is 49.2 Å². The molecule has 0 radical (unpaired) electrons. The molecule has 19 heavy (non-hydrogen) atoms. The molecule has 0 aromatic heterocycles. The third kappa shape index (κ3) is 7.13. The first-order chi connectivity index (χ1) is 9.05. The summed E-state index contributed by atoms with van der Waals surface area (Å²) >= 11 is 2.30. The molecule has 0 bridgehead atoms. The van der Waals surface area contributed by atoms with E-state index >= 15 is 0 Å². The van der Waals surface area contributed by atoms with E-state index in [0.29, 0.717) is 0 Å². The molecule has 1 rings (SSSR count). The van der Waals surface area contributed by atoms with Crippen LogP contribution in [-0.4, -0.2) is 50.0 Å². The summed E-state index contributed by atoms with van der Waals surface area (Å²) in [5.41, 5.74) is 0.